The Morgan fingerprint density at radius 3 is 2.24 bits per heavy atom. The number of amides is 3. The van der Waals surface area contributed by atoms with Gasteiger partial charge in [-0.25, -0.2) is 4.79 Å². The number of carboxylic acids is 2. The standard InChI is InChI=1S/C30H50N4O7/c1-2-34(27(36)9-5-6-20-12-14-31-15-13-20)19-26(35)32-24(18-28(37)38)29(39)33-25(30(40)41)17-21-10-11-22-7-3-4-8-23(22)16-21/h20-25,31H,2-19H2,1H3,(H,32,35)(H,33,39)(H,37,38)(H,40,41)/t21-,22-,23?,24+,25+/m1/s1. The second-order valence-electron chi connectivity index (χ2n) is 12.3. The Hall–Kier alpha value is -2.69. The summed E-state index contributed by atoms with van der Waals surface area (Å²) in [6.45, 7) is 3.77. The molecule has 2 aliphatic carbocycles. The Morgan fingerprint density at radius 2 is 1.59 bits per heavy atom. The molecule has 3 amide bonds. The first kappa shape index (κ1) is 32.8. The van der Waals surface area contributed by atoms with E-state index in [0.29, 0.717) is 24.8 Å². The van der Waals surface area contributed by atoms with Gasteiger partial charge in [-0.3, -0.25) is 19.2 Å². The molecule has 5 N–H and O–H groups in total. The fourth-order valence-corrected chi connectivity index (χ4v) is 7.06. The van der Waals surface area contributed by atoms with Gasteiger partial charge in [0.2, 0.25) is 17.7 Å². The van der Waals surface area contributed by atoms with Crippen LogP contribution < -0.4 is 16.0 Å². The van der Waals surface area contributed by atoms with Gasteiger partial charge in [-0.2, -0.15) is 0 Å². The van der Waals surface area contributed by atoms with Gasteiger partial charge >= 0.3 is 11.9 Å². The first-order chi connectivity index (χ1) is 19.7. The van der Waals surface area contributed by atoms with Gasteiger partial charge in [-0.1, -0.05) is 32.1 Å². The lowest BCUT2D eigenvalue weighted by Gasteiger charge is -2.40. The van der Waals surface area contributed by atoms with Crippen molar-refractivity contribution in [3.8, 4) is 0 Å². The number of carbonyl (C=O) groups excluding carboxylic acids is 3. The summed E-state index contributed by atoms with van der Waals surface area (Å²) >= 11 is 0. The highest BCUT2D eigenvalue weighted by Gasteiger charge is 2.36. The predicted molar refractivity (Wildman–Crippen MR) is 153 cm³/mol. The Kier molecular flexibility index (Phi) is 13.3. The number of likely N-dealkylation sites (N-methyl/N-ethyl adjacent to an activating group) is 1. The number of piperidine rings is 1. The second kappa shape index (κ2) is 16.7. The lowest BCUT2D eigenvalue weighted by Crippen LogP contribution is -2.54. The van der Waals surface area contributed by atoms with E-state index in [0.717, 1.165) is 64.0 Å². The molecule has 0 spiro atoms. The van der Waals surface area contributed by atoms with Gasteiger partial charge in [0.15, 0.2) is 0 Å². The van der Waals surface area contributed by atoms with Crippen molar-refractivity contribution >= 4 is 29.7 Å². The molecular weight excluding hydrogens is 528 g/mol. The monoisotopic (exact) mass is 578 g/mol. The summed E-state index contributed by atoms with van der Waals surface area (Å²) in [5.41, 5.74) is 0. The Bertz CT molecular complexity index is 907. The summed E-state index contributed by atoms with van der Waals surface area (Å²) in [5.74, 6) is -1.99. The lowest BCUT2D eigenvalue weighted by molar-refractivity contribution is -0.144. The van der Waals surface area contributed by atoms with E-state index >= 15 is 0 Å². The maximum Gasteiger partial charge on any atom is 0.326 e. The molecule has 11 heteroatoms. The molecule has 41 heavy (non-hydrogen) atoms. The molecule has 2 saturated carbocycles. The largest absolute Gasteiger partial charge is 0.481 e. The van der Waals surface area contributed by atoms with Gasteiger partial charge in [0.05, 0.1) is 13.0 Å². The van der Waals surface area contributed by atoms with Crippen LogP contribution in [-0.4, -0.2) is 83.0 Å². The van der Waals surface area contributed by atoms with Gasteiger partial charge in [0, 0.05) is 13.0 Å². The van der Waals surface area contributed by atoms with Gasteiger partial charge < -0.3 is 31.1 Å². The van der Waals surface area contributed by atoms with Crippen molar-refractivity contribution in [3.05, 3.63) is 0 Å². The van der Waals surface area contributed by atoms with Crippen LogP contribution >= 0.6 is 0 Å². The Balaban J connectivity index is 1.50. The molecule has 3 rings (SSSR count). The first-order valence-electron chi connectivity index (χ1n) is 15.7. The quantitative estimate of drug-likeness (QED) is 0.198. The highest BCUT2D eigenvalue weighted by molar-refractivity contribution is 5.94. The molecule has 1 unspecified atom stereocenters. The van der Waals surface area contributed by atoms with Crippen LogP contribution in [0, 0.1) is 23.7 Å². The molecule has 0 radical (unpaired) electrons. The number of rotatable bonds is 15. The van der Waals surface area contributed by atoms with Crippen LogP contribution in [0.2, 0.25) is 0 Å². The zero-order chi connectivity index (χ0) is 29.8. The van der Waals surface area contributed by atoms with E-state index in [1.54, 1.807) is 6.92 Å². The van der Waals surface area contributed by atoms with Crippen molar-refractivity contribution in [1.82, 2.24) is 20.9 Å². The third kappa shape index (κ3) is 10.9. The summed E-state index contributed by atoms with van der Waals surface area (Å²) in [6, 6.07) is -2.60. The van der Waals surface area contributed by atoms with Crippen LogP contribution in [0.15, 0.2) is 0 Å². The smallest absolute Gasteiger partial charge is 0.326 e. The van der Waals surface area contributed by atoms with E-state index in [1.807, 2.05) is 0 Å². The second-order valence-corrected chi connectivity index (χ2v) is 12.3. The van der Waals surface area contributed by atoms with Crippen LogP contribution in [0.1, 0.15) is 96.8 Å². The minimum Gasteiger partial charge on any atom is -0.481 e. The molecule has 1 aliphatic heterocycles. The van der Waals surface area contributed by atoms with Crippen molar-refractivity contribution in [2.45, 2.75) is 109 Å². The van der Waals surface area contributed by atoms with Crippen LogP contribution in [0.3, 0.4) is 0 Å². The number of nitrogens with zero attached hydrogens (tertiary/aromatic N) is 1. The van der Waals surface area contributed by atoms with Crippen molar-refractivity contribution in [2.75, 3.05) is 26.2 Å². The summed E-state index contributed by atoms with van der Waals surface area (Å²) in [6.07, 6.45) is 11.7. The number of hydrogen-bond donors (Lipinski definition) is 5. The average molecular weight is 579 g/mol. The summed E-state index contributed by atoms with van der Waals surface area (Å²) in [7, 11) is 0. The number of carbonyl (C=O) groups is 5. The van der Waals surface area contributed by atoms with E-state index in [9.17, 15) is 34.2 Å². The molecule has 0 aromatic carbocycles. The van der Waals surface area contributed by atoms with Crippen LogP contribution in [0.4, 0.5) is 0 Å². The molecule has 0 bridgehead atoms. The number of hydrogen-bond acceptors (Lipinski definition) is 6. The fraction of sp³-hybridized carbons (Fsp3) is 0.833. The topological polar surface area (TPSA) is 165 Å². The molecule has 232 valence electrons. The van der Waals surface area contributed by atoms with E-state index in [-0.39, 0.29) is 24.8 Å². The Labute approximate surface area is 243 Å². The number of aliphatic carboxylic acids is 2. The molecule has 0 aromatic rings. The van der Waals surface area contributed by atoms with Crippen molar-refractivity contribution in [3.63, 3.8) is 0 Å². The maximum atomic E-state index is 13.0. The average Bonchev–Trinajstić information content (AvgIpc) is 2.95. The van der Waals surface area contributed by atoms with Crippen molar-refractivity contribution < 1.29 is 34.2 Å². The minimum atomic E-state index is -1.44. The molecule has 3 aliphatic rings. The molecule has 5 atom stereocenters. The zero-order valence-corrected chi connectivity index (χ0v) is 24.6. The summed E-state index contributed by atoms with van der Waals surface area (Å²) in [4.78, 5) is 63.5. The van der Waals surface area contributed by atoms with E-state index < -0.39 is 42.3 Å². The van der Waals surface area contributed by atoms with E-state index in [2.05, 4.69) is 16.0 Å². The van der Waals surface area contributed by atoms with Gasteiger partial charge in [0.1, 0.15) is 12.1 Å². The maximum absolute atomic E-state index is 13.0. The van der Waals surface area contributed by atoms with Gasteiger partial charge in [-0.15, -0.1) is 0 Å². The van der Waals surface area contributed by atoms with E-state index in [4.69, 9.17) is 0 Å². The normalized spacial score (nSPS) is 24.4. The fourth-order valence-electron chi connectivity index (χ4n) is 7.06. The van der Waals surface area contributed by atoms with Crippen molar-refractivity contribution in [2.24, 2.45) is 23.7 Å². The number of fused-ring (bicyclic) bond motifs is 1. The summed E-state index contributed by atoms with van der Waals surface area (Å²) < 4.78 is 0. The SMILES string of the molecule is CCN(CC(=O)N[C@@H](CC(=O)O)C(=O)N[C@@H](C[C@@H]1CC[C@H]2CCCCC2C1)C(=O)O)C(=O)CCCC1CCNCC1. The predicted octanol–water partition coefficient (Wildman–Crippen LogP) is 2.53. The minimum absolute atomic E-state index is 0.158. The Morgan fingerprint density at radius 1 is 0.878 bits per heavy atom. The van der Waals surface area contributed by atoms with Gasteiger partial charge in [-0.05, 0) is 88.6 Å². The van der Waals surface area contributed by atoms with Crippen LogP contribution in [-0.2, 0) is 24.0 Å². The van der Waals surface area contributed by atoms with Crippen molar-refractivity contribution in [1.29, 1.82) is 0 Å². The zero-order valence-electron chi connectivity index (χ0n) is 24.6. The number of nitrogens with one attached hydrogen (secondary N) is 3. The third-order valence-electron chi connectivity index (χ3n) is 9.39. The van der Waals surface area contributed by atoms with Crippen LogP contribution in [0.5, 0.6) is 0 Å². The highest BCUT2D eigenvalue weighted by Crippen LogP contribution is 2.43. The van der Waals surface area contributed by atoms with Crippen LogP contribution in [0.25, 0.3) is 0 Å². The molecule has 3 fully saturated rings. The first-order valence-corrected chi connectivity index (χ1v) is 15.7. The molecular formula is C30H50N4O7. The molecule has 0 aromatic heterocycles. The third-order valence-corrected chi connectivity index (χ3v) is 9.39. The highest BCUT2D eigenvalue weighted by atomic mass is 16.4. The number of carboxylic acid groups (broad SMARTS) is 2. The van der Waals surface area contributed by atoms with Gasteiger partial charge in [0.25, 0.3) is 0 Å². The van der Waals surface area contributed by atoms with E-state index in [1.165, 1.54) is 30.6 Å². The summed E-state index contributed by atoms with van der Waals surface area (Å²) in [5, 5.41) is 27.5. The molecule has 1 heterocycles. The molecule has 1 saturated heterocycles. The molecule has 11 nitrogen and oxygen atoms in total. The lowest BCUT2D eigenvalue weighted by atomic mass is 9.66.